The largest absolute Gasteiger partial charge is 0.508 e. The van der Waals surface area contributed by atoms with Gasteiger partial charge >= 0.3 is 6.03 Å². The molecule has 3 atom stereocenters. The number of pyridine rings is 1. The van der Waals surface area contributed by atoms with E-state index in [0.717, 1.165) is 16.0 Å². The second-order valence-corrected chi connectivity index (χ2v) is 15.4. The molecule has 4 rings (SSSR count). The van der Waals surface area contributed by atoms with Crippen LogP contribution < -0.4 is 5.32 Å². The van der Waals surface area contributed by atoms with E-state index in [2.05, 4.69) is 10.3 Å². The van der Waals surface area contributed by atoms with Crippen molar-refractivity contribution in [3.05, 3.63) is 89.2 Å². The third-order valence-corrected chi connectivity index (χ3v) is 10.5. The van der Waals surface area contributed by atoms with Crippen LogP contribution in [-0.4, -0.2) is 93.4 Å². The number of aromatic nitrogens is 1. The molecule has 3 N–H and O–H groups in total. The molecule has 12 nitrogen and oxygen atoms in total. The van der Waals surface area contributed by atoms with Gasteiger partial charge in [0.15, 0.2) is 0 Å². The van der Waals surface area contributed by atoms with Gasteiger partial charge in [-0.3, -0.25) is 19.5 Å². The average molecular weight is 694 g/mol. The van der Waals surface area contributed by atoms with Crippen LogP contribution >= 0.6 is 0 Å². The molecular formula is C36H47N5O7S. The molecule has 1 aliphatic heterocycles. The molecule has 4 amide bonds. The SMILES string of the molecule is Cc1cc(S(=O)(=O)N(CC(C)C)C[C@@H](O)[C@H](Cc2ccccc2)NC(=O)C(C(C)C)N2CC(=O)N(Cc3cnccc3C)C2=O)ccc1O. The number of nitrogens with one attached hydrogen (secondary N) is 1. The summed E-state index contributed by atoms with van der Waals surface area (Å²) >= 11 is 0. The summed E-state index contributed by atoms with van der Waals surface area (Å²) < 4.78 is 28.9. The monoisotopic (exact) mass is 693 g/mol. The predicted molar refractivity (Wildman–Crippen MR) is 185 cm³/mol. The van der Waals surface area contributed by atoms with Crippen molar-refractivity contribution in [3.8, 4) is 5.75 Å². The fraction of sp³-hybridized carbons (Fsp3) is 0.444. The number of imide groups is 1. The topological polar surface area (TPSA) is 160 Å². The van der Waals surface area contributed by atoms with Crippen LogP contribution in [-0.2, 0) is 32.6 Å². The van der Waals surface area contributed by atoms with E-state index in [4.69, 9.17) is 0 Å². The first-order chi connectivity index (χ1) is 23.1. The zero-order valence-electron chi connectivity index (χ0n) is 28.9. The Labute approximate surface area is 288 Å². The number of rotatable bonds is 15. The van der Waals surface area contributed by atoms with Gasteiger partial charge in [0.05, 0.1) is 23.6 Å². The molecule has 0 saturated carbocycles. The zero-order valence-corrected chi connectivity index (χ0v) is 29.7. The Hall–Kier alpha value is -4.33. The minimum Gasteiger partial charge on any atom is -0.508 e. The fourth-order valence-electron chi connectivity index (χ4n) is 5.94. The van der Waals surface area contributed by atoms with Gasteiger partial charge in [-0.1, -0.05) is 58.0 Å². The standard InChI is InChI=1S/C36H47N5O7S/c1-23(2)19-39(49(47,48)29-12-13-31(42)26(6)16-29)21-32(43)30(17-27-10-8-7-9-11-27)38-35(45)34(24(3)4)41-22-33(44)40(36(41)46)20-28-18-37-15-14-25(28)5/h7-16,18,23-24,30,32,34,42-43H,17,19-22H2,1-6H3,(H,38,45)/t30-,32+,34?/m0/s1. The van der Waals surface area contributed by atoms with Crippen LogP contribution in [0.25, 0.3) is 0 Å². The lowest BCUT2D eigenvalue weighted by Crippen LogP contribution is -2.57. The first kappa shape index (κ1) is 37.5. The summed E-state index contributed by atoms with van der Waals surface area (Å²) in [6.07, 6.45) is 2.05. The fourth-order valence-corrected chi connectivity index (χ4v) is 7.65. The maximum atomic E-state index is 14.1. The number of phenolic OH excluding ortho intramolecular Hbond substituents is 1. The first-order valence-electron chi connectivity index (χ1n) is 16.4. The number of urea groups is 1. The normalized spacial score (nSPS) is 15.7. The van der Waals surface area contributed by atoms with Crippen LogP contribution in [0, 0.1) is 25.7 Å². The summed E-state index contributed by atoms with van der Waals surface area (Å²) in [4.78, 5) is 47.2. The smallest absolute Gasteiger partial charge is 0.328 e. The summed E-state index contributed by atoms with van der Waals surface area (Å²) in [5.74, 6) is -1.53. The number of amides is 4. The number of hydrogen-bond acceptors (Lipinski definition) is 8. The van der Waals surface area contributed by atoms with Crippen molar-refractivity contribution in [2.24, 2.45) is 11.8 Å². The molecule has 0 radical (unpaired) electrons. The number of sulfonamides is 1. The molecular weight excluding hydrogens is 646 g/mol. The van der Waals surface area contributed by atoms with Crippen LogP contribution in [0.5, 0.6) is 5.75 Å². The van der Waals surface area contributed by atoms with Gasteiger partial charge in [-0.2, -0.15) is 4.31 Å². The van der Waals surface area contributed by atoms with Crippen molar-refractivity contribution in [1.29, 1.82) is 0 Å². The number of aromatic hydroxyl groups is 1. The highest BCUT2D eigenvalue weighted by molar-refractivity contribution is 7.89. The summed E-state index contributed by atoms with van der Waals surface area (Å²) in [7, 11) is -4.11. The van der Waals surface area contributed by atoms with Crippen LogP contribution in [0.3, 0.4) is 0 Å². The van der Waals surface area contributed by atoms with Gasteiger partial charge < -0.3 is 20.4 Å². The van der Waals surface area contributed by atoms with E-state index in [-0.39, 0.29) is 49.2 Å². The third-order valence-electron chi connectivity index (χ3n) is 8.65. The lowest BCUT2D eigenvalue weighted by molar-refractivity contribution is -0.129. The lowest BCUT2D eigenvalue weighted by atomic mass is 9.97. The molecule has 2 heterocycles. The molecule has 1 fully saturated rings. The highest BCUT2D eigenvalue weighted by Crippen LogP contribution is 2.26. The number of nitrogens with zero attached hydrogens (tertiary/aromatic N) is 4. The van der Waals surface area contributed by atoms with E-state index in [0.29, 0.717) is 11.1 Å². The number of aliphatic hydroxyl groups is 1. The molecule has 13 heteroatoms. The molecule has 3 aromatic rings. The summed E-state index contributed by atoms with van der Waals surface area (Å²) in [5, 5.41) is 24.6. The molecule has 1 saturated heterocycles. The number of benzene rings is 2. The Bertz CT molecular complexity index is 1750. The van der Waals surface area contributed by atoms with Crippen LogP contribution in [0.2, 0.25) is 0 Å². The second-order valence-electron chi connectivity index (χ2n) is 13.4. The number of phenols is 1. The molecule has 2 aromatic carbocycles. The quantitative estimate of drug-likeness (QED) is 0.204. The van der Waals surface area contributed by atoms with Gasteiger partial charge in [0.1, 0.15) is 18.3 Å². The summed E-state index contributed by atoms with van der Waals surface area (Å²) in [6.45, 7) is 10.2. The molecule has 1 unspecified atom stereocenters. The van der Waals surface area contributed by atoms with E-state index >= 15 is 0 Å². The van der Waals surface area contributed by atoms with Gasteiger partial charge in [0.2, 0.25) is 15.9 Å². The number of aryl methyl sites for hydroxylation is 2. The number of aliphatic hydroxyl groups excluding tert-OH is 1. The number of carbonyl (C=O) groups is 3. The minimum atomic E-state index is -4.11. The minimum absolute atomic E-state index is 0.0241. The summed E-state index contributed by atoms with van der Waals surface area (Å²) in [5.41, 5.74) is 2.78. The zero-order chi connectivity index (χ0) is 36.0. The van der Waals surface area contributed by atoms with Crippen molar-refractivity contribution in [2.45, 2.75) is 77.6 Å². The molecule has 1 aromatic heterocycles. The van der Waals surface area contributed by atoms with E-state index in [1.165, 1.54) is 27.4 Å². The van der Waals surface area contributed by atoms with Gasteiger partial charge in [0, 0.05) is 25.5 Å². The first-order valence-corrected chi connectivity index (χ1v) is 17.9. The van der Waals surface area contributed by atoms with Crippen molar-refractivity contribution in [1.82, 2.24) is 24.4 Å². The van der Waals surface area contributed by atoms with E-state index < -0.39 is 52.0 Å². The molecule has 0 aliphatic carbocycles. The lowest BCUT2D eigenvalue weighted by Gasteiger charge is -2.34. The maximum absolute atomic E-state index is 14.1. The average Bonchev–Trinajstić information content (AvgIpc) is 3.30. The third kappa shape index (κ3) is 9.02. The Morgan fingerprint density at radius 2 is 1.69 bits per heavy atom. The highest BCUT2D eigenvalue weighted by atomic mass is 32.2. The number of carbonyl (C=O) groups excluding carboxylic acids is 3. The van der Waals surface area contributed by atoms with Crippen molar-refractivity contribution in [2.75, 3.05) is 19.6 Å². The highest BCUT2D eigenvalue weighted by Gasteiger charge is 2.44. The predicted octanol–water partition coefficient (Wildman–Crippen LogP) is 3.63. The second kappa shape index (κ2) is 15.9. The molecule has 0 spiro atoms. The Kier molecular flexibility index (Phi) is 12.2. The maximum Gasteiger partial charge on any atom is 0.328 e. The van der Waals surface area contributed by atoms with Gasteiger partial charge in [-0.25, -0.2) is 13.2 Å². The molecule has 49 heavy (non-hydrogen) atoms. The van der Waals surface area contributed by atoms with Crippen LogP contribution in [0.15, 0.2) is 71.9 Å². The Morgan fingerprint density at radius 3 is 2.31 bits per heavy atom. The van der Waals surface area contributed by atoms with E-state index in [9.17, 15) is 33.0 Å². The van der Waals surface area contributed by atoms with Crippen LogP contribution in [0.1, 0.15) is 49.9 Å². The summed E-state index contributed by atoms with van der Waals surface area (Å²) in [6, 6.07) is 12.4. The van der Waals surface area contributed by atoms with Gasteiger partial charge in [-0.05, 0) is 78.6 Å². The van der Waals surface area contributed by atoms with Gasteiger partial charge in [0.25, 0.3) is 5.91 Å². The Morgan fingerprint density at radius 1 is 1.00 bits per heavy atom. The van der Waals surface area contributed by atoms with Gasteiger partial charge in [-0.15, -0.1) is 0 Å². The molecule has 264 valence electrons. The Balaban J connectivity index is 1.61. The molecule has 0 bridgehead atoms. The number of hydrogen-bond donors (Lipinski definition) is 3. The van der Waals surface area contributed by atoms with E-state index in [1.54, 1.807) is 39.2 Å². The van der Waals surface area contributed by atoms with E-state index in [1.807, 2.05) is 51.1 Å². The van der Waals surface area contributed by atoms with Crippen molar-refractivity contribution in [3.63, 3.8) is 0 Å². The van der Waals surface area contributed by atoms with Crippen LogP contribution in [0.4, 0.5) is 4.79 Å². The van der Waals surface area contributed by atoms with Crippen molar-refractivity contribution < 1.29 is 33.0 Å². The molecule has 1 aliphatic rings. The van der Waals surface area contributed by atoms with Crippen molar-refractivity contribution >= 4 is 27.9 Å².